The molecule has 0 radical (unpaired) electrons. The Labute approximate surface area is 126 Å². The smallest absolute Gasteiger partial charge is 0.0627 e. The lowest BCUT2D eigenvalue weighted by Gasteiger charge is -2.15. The van der Waals surface area contributed by atoms with E-state index in [1.807, 2.05) is 0 Å². The van der Waals surface area contributed by atoms with E-state index in [0.717, 1.165) is 17.2 Å². The predicted octanol–water partition coefficient (Wildman–Crippen LogP) is 5.13. The van der Waals surface area contributed by atoms with Gasteiger partial charge in [0.2, 0.25) is 0 Å². The van der Waals surface area contributed by atoms with Crippen molar-refractivity contribution in [2.45, 2.75) is 76.1 Å². The van der Waals surface area contributed by atoms with Crippen LogP contribution in [0.25, 0.3) is 0 Å². The van der Waals surface area contributed by atoms with Crippen LogP contribution in [0, 0.1) is 5.92 Å². The monoisotopic (exact) mass is 326 g/mol. The molecule has 0 bridgehead atoms. The largest absolute Gasteiger partial charge is 0.269 e. The van der Waals surface area contributed by atoms with Crippen molar-refractivity contribution < 1.29 is 0 Å². The zero-order valence-corrected chi connectivity index (χ0v) is 13.9. The molecule has 1 aromatic heterocycles. The molecule has 19 heavy (non-hydrogen) atoms. The summed E-state index contributed by atoms with van der Waals surface area (Å²) in [6, 6.07) is 2.80. The number of nitrogens with zero attached hydrogens (tertiary/aromatic N) is 2. The third-order valence-corrected chi connectivity index (χ3v) is 5.28. The first kappa shape index (κ1) is 15.1. The molecule has 108 valence electrons. The maximum absolute atomic E-state index is 4.80. The van der Waals surface area contributed by atoms with Gasteiger partial charge in [0.05, 0.1) is 11.7 Å². The van der Waals surface area contributed by atoms with Crippen LogP contribution in [0.15, 0.2) is 12.3 Å². The molecule has 1 aliphatic carbocycles. The predicted molar refractivity (Wildman–Crippen MR) is 84.8 cm³/mol. The molecule has 0 amide bonds. The van der Waals surface area contributed by atoms with E-state index < -0.39 is 0 Å². The fraction of sp³-hybridized carbons (Fsp3) is 0.812. The van der Waals surface area contributed by atoms with Crippen molar-refractivity contribution in [3.8, 4) is 0 Å². The summed E-state index contributed by atoms with van der Waals surface area (Å²) in [7, 11) is 0. The van der Waals surface area contributed by atoms with Gasteiger partial charge in [0.1, 0.15) is 0 Å². The Hall–Kier alpha value is -0.310. The van der Waals surface area contributed by atoms with E-state index in [1.54, 1.807) is 0 Å². The van der Waals surface area contributed by atoms with E-state index in [9.17, 15) is 0 Å². The molecule has 2 rings (SSSR count). The average molecular weight is 327 g/mol. The molecule has 2 atom stereocenters. The fourth-order valence-corrected chi connectivity index (χ4v) is 4.08. The summed E-state index contributed by atoms with van der Waals surface area (Å²) in [4.78, 5) is 0.723. The lowest BCUT2D eigenvalue weighted by Crippen LogP contribution is -2.11. The van der Waals surface area contributed by atoms with Crippen molar-refractivity contribution in [3.05, 3.63) is 18.0 Å². The highest BCUT2D eigenvalue weighted by atomic mass is 79.9. The number of aromatic nitrogens is 2. The molecule has 1 saturated carbocycles. The summed E-state index contributed by atoms with van der Waals surface area (Å²) >= 11 is 3.82. The molecule has 1 aromatic rings. The van der Waals surface area contributed by atoms with Crippen molar-refractivity contribution in [2.24, 2.45) is 5.92 Å². The van der Waals surface area contributed by atoms with E-state index in [-0.39, 0.29) is 0 Å². The number of halogens is 1. The second-order valence-corrected chi connectivity index (χ2v) is 7.24. The average Bonchev–Trinajstić information content (AvgIpc) is 2.74. The zero-order valence-electron chi connectivity index (χ0n) is 12.3. The standard InChI is InChI=1S/C16H27BrN2/c1-3-16(4-2)19-10-9-15(18-19)12-13-7-5-6-8-14(17)11-13/h9-10,13-14,16H,3-8,11-12H2,1-2H3. The number of hydrogen-bond donors (Lipinski definition) is 0. The van der Waals surface area contributed by atoms with Gasteiger partial charge in [-0.3, -0.25) is 4.68 Å². The van der Waals surface area contributed by atoms with Crippen LogP contribution in [0.3, 0.4) is 0 Å². The molecule has 0 aliphatic heterocycles. The third-order valence-electron chi connectivity index (χ3n) is 4.45. The lowest BCUT2D eigenvalue weighted by atomic mass is 9.95. The minimum atomic E-state index is 0.576. The SMILES string of the molecule is CCC(CC)n1ccc(CC2CCCCC(Br)C2)n1. The van der Waals surface area contributed by atoms with Crippen LogP contribution in [-0.4, -0.2) is 14.6 Å². The molecule has 3 heteroatoms. The Morgan fingerprint density at radius 2 is 2.05 bits per heavy atom. The Kier molecular flexibility index (Phi) is 5.93. The van der Waals surface area contributed by atoms with Gasteiger partial charge in [0.25, 0.3) is 0 Å². The van der Waals surface area contributed by atoms with Crippen LogP contribution in [0.5, 0.6) is 0 Å². The summed E-state index contributed by atoms with van der Waals surface area (Å²) in [5.74, 6) is 0.817. The summed E-state index contributed by atoms with van der Waals surface area (Å²) in [5.41, 5.74) is 1.29. The zero-order chi connectivity index (χ0) is 13.7. The first-order valence-corrected chi connectivity index (χ1v) is 8.82. The molecule has 1 aliphatic rings. The fourth-order valence-electron chi connectivity index (χ4n) is 3.23. The molecule has 0 spiro atoms. The van der Waals surface area contributed by atoms with Crippen LogP contribution in [0.1, 0.15) is 70.5 Å². The van der Waals surface area contributed by atoms with E-state index in [1.165, 1.54) is 50.6 Å². The summed E-state index contributed by atoms with van der Waals surface area (Å²) in [6.07, 6.45) is 12.5. The van der Waals surface area contributed by atoms with Crippen molar-refractivity contribution in [2.75, 3.05) is 0 Å². The van der Waals surface area contributed by atoms with Gasteiger partial charge in [-0.2, -0.15) is 5.10 Å². The van der Waals surface area contributed by atoms with E-state index >= 15 is 0 Å². The molecule has 0 N–H and O–H groups in total. The third kappa shape index (κ3) is 4.34. The van der Waals surface area contributed by atoms with E-state index in [4.69, 9.17) is 5.10 Å². The van der Waals surface area contributed by atoms with Gasteiger partial charge in [0, 0.05) is 11.0 Å². The van der Waals surface area contributed by atoms with E-state index in [0.29, 0.717) is 6.04 Å². The second-order valence-electron chi connectivity index (χ2n) is 5.94. The molecular formula is C16H27BrN2. The van der Waals surface area contributed by atoms with Crippen LogP contribution in [-0.2, 0) is 6.42 Å². The van der Waals surface area contributed by atoms with Gasteiger partial charge in [-0.05, 0) is 44.1 Å². The van der Waals surface area contributed by atoms with Gasteiger partial charge in [0.15, 0.2) is 0 Å². The Morgan fingerprint density at radius 1 is 1.32 bits per heavy atom. The quantitative estimate of drug-likeness (QED) is 0.541. The van der Waals surface area contributed by atoms with Crippen molar-refractivity contribution in [3.63, 3.8) is 0 Å². The highest BCUT2D eigenvalue weighted by Crippen LogP contribution is 2.30. The van der Waals surface area contributed by atoms with E-state index in [2.05, 4.69) is 46.7 Å². The minimum absolute atomic E-state index is 0.576. The van der Waals surface area contributed by atoms with Crippen molar-refractivity contribution in [1.82, 2.24) is 9.78 Å². The van der Waals surface area contributed by atoms with Gasteiger partial charge < -0.3 is 0 Å². The molecule has 0 aromatic carbocycles. The minimum Gasteiger partial charge on any atom is -0.269 e. The second kappa shape index (κ2) is 7.47. The van der Waals surface area contributed by atoms with Crippen LogP contribution in [0.2, 0.25) is 0 Å². The topological polar surface area (TPSA) is 17.8 Å². The number of hydrogen-bond acceptors (Lipinski definition) is 1. The first-order valence-electron chi connectivity index (χ1n) is 7.91. The van der Waals surface area contributed by atoms with Gasteiger partial charge >= 0.3 is 0 Å². The molecule has 2 nitrogen and oxygen atoms in total. The summed E-state index contributed by atoms with van der Waals surface area (Å²) in [5, 5.41) is 4.80. The van der Waals surface area contributed by atoms with Gasteiger partial charge in [-0.15, -0.1) is 0 Å². The van der Waals surface area contributed by atoms with Gasteiger partial charge in [-0.1, -0.05) is 49.0 Å². The van der Waals surface area contributed by atoms with Crippen LogP contribution >= 0.6 is 15.9 Å². The first-order chi connectivity index (χ1) is 9.22. The molecule has 1 fully saturated rings. The van der Waals surface area contributed by atoms with Crippen molar-refractivity contribution >= 4 is 15.9 Å². The highest BCUT2D eigenvalue weighted by molar-refractivity contribution is 9.09. The Bertz CT molecular complexity index is 371. The summed E-state index contributed by atoms with van der Waals surface area (Å²) in [6.45, 7) is 4.49. The molecule has 2 unspecified atom stereocenters. The van der Waals surface area contributed by atoms with Crippen LogP contribution < -0.4 is 0 Å². The Morgan fingerprint density at radius 3 is 2.79 bits per heavy atom. The summed E-state index contributed by atoms with van der Waals surface area (Å²) < 4.78 is 2.18. The maximum atomic E-state index is 4.80. The molecule has 1 heterocycles. The Balaban J connectivity index is 1.95. The molecule has 0 saturated heterocycles. The normalized spacial score (nSPS) is 24.6. The highest BCUT2D eigenvalue weighted by Gasteiger charge is 2.19. The number of alkyl halides is 1. The van der Waals surface area contributed by atoms with Crippen molar-refractivity contribution in [1.29, 1.82) is 0 Å². The van der Waals surface area contributed by atoms with Gasteiger partial charge in [-0.25, -0.2) is 0 Å². The lowest BCUT2D eigenvalue weighted by molar-refractivity contribution is 0.415. The van der Waals surface area contributed by atoms with Crippen LogP contribution in [0.4, 0.5) is 0 Å². The maximum Gasteiger partial charge on any atom is 0.0627 e. The number of rotatable bonds is 5. The molecular weight excluding hydrogens is 300 g/mol.